The number of sulfonamides is 1. The number of imide groups is 1. The Kier molecular flexibility index (Phi) is 8.12. The van der Waals surface area contributed by atoms with E-state index in [2.05, 4.69) is 5.32 Å². The van der Waals surface area contributed by atoms with Crippen molar-refractivity contribution < 1.29 is 27.7 Å². The number of nitro groups is 1. The molecule has 1 aromatic carbocycles. The normalized spacial score (nSPS) is 11.1. The zero-order chi connectivity index (χ0) is 20.6. The van der Waals surface area contributed by atoms with Crippen LogP contribution in [0.2, 0.25) is 0 Å². The molecule has 3 amide bonds. The van der Waals surface area contributed by atoms with Crippen molar-refractivity contribution in [2.45, 2.75) is 25.7 Å². The van der Waals surface area contributed by atoms with Crippen LogP contribution in [0.5, 0.6) is 5.75 Å². The number of carbonyl (C=O) groups excluding carboxylic acids is 2. The van der Waals surface area contributed by atoms with E-state index in [1.165, 1.54) is 0 Å². The van der Waals surface area contributed by atoms with Gasteiger partial charge in [-0.3, -0.25) is 20.2 Å². The van der Waals surface area contributed by atoms with Crippen LogP contribution in [0, 0.1) is 10.1 Å². The summed E-state index contributed by atoms with van der Waals surface area (Å²) in [6.45, 7) is 5.06. The van der Waals surface area contributed by atoms with Gasteiger partial charge in [0.25, 0.3) is 5.91 Å². The topological polar surface area (TPSA) is 148 Å². The standard InChI is InChI=1S/C15H22N4O7S/c1-4-16-15(21)17-14(20)10-26-13-8-7-11(9-12(13)19(22)23)27(24,25)18(5-2)6-3/h7-9H,4-6,10H2,1-3H3,(H2,16,17,20,21). The van der Waals surface area contributed by atoms with Gasteiger partial charge >= 0.3 is 11.7 Å². The lowest BCUT2D eigenvalue weighted by molar-refractivity contribution is -0.386. The molecule has 0 heterocycles. The Morgan fingerprint density at radius 3 is 2.37 bits per heavy atom. The van der Waals surface area contributed by atoms with E-state index in [1.54, 1.807) is 20.8 Å². The van der Waals surface area contributed by atoms with E-state index in [0.29, 0.717) is 6.54 Å². The van der Waals surface area contributed by atoms with Gasteiger partial charge in [0.15, 0.2) is 12.4 Å². The summed E-state index contributed by atoms with van der Waals surface area (Å²) in [4.78, 5) is 33.1. The van der Waals surface area contributed by atoms with Crippen LogP contribution in [0.3, 0.4) is 0 Å². The van der Waals surface area contributed by atoms with Crippen molar-refractivity contribution in [2.75, 3.05) is 26.2 Å². The molecule has 0 aliphatic heterocycles. The molecular formula is C15H22N4O7S. The van der Waals surface area contributed by atoms with Gasteiger partial charge < -0.3 is 10.1 Å². The number of rotatable bonds is 9. The molecule has 0 aliphatic carbocycles. The molecule has 0 radical (unpaired) electrons. The van der Waals surface area contributed by atoms with Crippen LogP contribution in [0.15, 0.2) is 23.1 Å². The number of benzene rings is 1. The van der Waals surface area contributed by atoms with E-state index < -0.39 is 39.2 Å². The number of amides is 3. The molecule has 0 fully saturated rings. The second kappa shape index (κ2) is 9.83. The van der Waals surface area contributed by atoms with Crippen LogP contribution in [0.25, 0.3) is 0 Å². The molecule has 0 aliphatic rings. The summed E-state index contributed by atoms with van der Waals surface area (Å²) in [6.07, 6.45) is 0. The molecule has 2 N–H and O–H groups in total. The highest BCUT2D eigenvalue weighted by atomic mass is 32.2. The summed E-state index contributed by atoms with van der Waals surface area (Å²) in [7, 11) is -3.89. The molecule has 0 unspecified atom stereocenters. The van der Waals surface area contributed by atoms with Crippen molar-refractivity contribution in [3.63, 3.8) is 0 Å². The molecule has 1 rings (SSSR count). The number of carbonyl (C=O) groups is 2. The fourth-order valence-electron chi connectivity index (χ4n) is 2.15. The molecule has 0 spiro atoms. The van der Waals surface area contributed by atoms with Crippen LogP contribution < -0.4 is 15.4 Å². The maximum atomic E-state index is 12.5. The predicted molar refractivity (Wildman–Crippen MR) is 95.9 cm³/mol. The van der Waals surface area contributed by atoms with Gasteiger partial charge in [0.05, 0.1) is 9.82 Å². The molecule has 0 bridgehead atoms. The minimum Gasteiger partial charge on any atom is -0.477 e. The molecule has 11 nitrogen and oxygen atoms in total. The van der Waals surface area contributed by atoms with E-state index in [-0.39, 0.29) is 23.7 Å². The van der Waals surface area contributed by atoms with Crippen molar-refractivity contribution in [3.8, 4) is 5.75 Å². The van der Waals surface area contributed by atoms with Crippen LogP contribution in [0.4, 0.5) is 10.5 Å². The van der Waals surface area contributed by atoms with Crippen LogP contribution in [0.1, 0.15) is 20.8 Å². The van der Waals surface area contributed by atoms with E-state index in [1.807, 2.05) is 5.32 Å². The zero-order valence-corrected chi connectivity index (χ0v) is 16.0. The summed E-state index contributed by atoms with van der Waals surface area (Å²) in [5.74, 6) is -1.10. The van der Waals surface area contributed by atoms with Crippen molar-refractivity contribution in [2.24, 2.45) is 0 Å². The lowest BCUT2D eigenvalue weighted by Gasteiger charge is -2.18. The number of nitro benzene ring substituents is 1. The fourth-order valence-corrected chi connectivity index (χ4v) is 3.62. The first-order chi connectivity index (χ1) is 12.7. The molecule has 0 saturated heterocycles. The van der Waals surface area contributed by atoms with E-state index in [9.17, 15) is 28.1 Å². The minimum absolute atomic E-state index is 0.213. The third-order valence-corrected chi connectivity index (χ3v) is 5.47. The number of nitrogens with zero attached hydrogens (tertiary/aromatic N) is 2. The summed E-state index contributed by atoms with van der Waals surface area (Å²) >= 11 is 0. The average molecular weight is 402 g/mol. The Bertz CT molecular complexity index is 806. The maximum Gasteiger partial charge on any atom is 0.321 e. The highest BCUT2D eigenvalue weighted by molar-refractivity contribution is 7.89. The fraction of sp³-hybridized carbons (Fsp3) is 0.467. The van der Waals surface area contributed by atoms with Gasteiger partial charge in [-0.1, -0.05) is 13.8 Å². The number of hydrogen-bond acceptors (Lipinski definition) is 7. The highest BCUT2D eigenvalue weighted by Gasteiger charge is 2.26. The van der Waals surface area contributed by atoms with Gasteiger partial charge in [-0.15, -0.1) is 0 Å². The van der Waals surface area contributed by atoms with Gasteiger partial charge in [-0.05, 0) is 19.1 Å². The average Bonchev–Trinajstić information content (AvgIpc) is 2.60. The summed E-state index contributed by atoms with van der Waals surface area (Å²) < 4.78 is 31.2. The lowest BCUT2D eigenvalue weighted by Crippen LogP contribution is -2.41. The first kappa shape index (κ1) is 22.3. The van der Waals surface area contributed by atoms with Crippen molar-refractivity contribution >= 4 is 27.6 Å². The number of urea groups is 1. The first-order valence-electron chi connectivity index (χ1n) is 8.16. The van der Waals surface area contributed by atoms with Gasteiger partial charge in [-0.2, -0.15) is 4.31 Å². The largest absolute Gasteiger partial charge is 0.477 e. The number of ether oxygens (including phenoxy) is 1. The van der Waals surface area contributed by atoms with E-state index in [0.717, 1.165) is 22.5 Å². The lowest BCUT2D eigenvalue weighted by atomic mass is 10.3. The molecule has 0 saturated carbocycles. The first-order valence-corrected chi connectivity index (χ1v) is 9.60. The molecule has 1 aromatic rings. The second-order valence-corrected chi connectivity index (χ2v) is 7.11. The van der Waals surface area contributed by atoms with Crippen molar-refractivity contribution in [3.05, 3.63) is 28.3 Å². The highest BCUT2D eigenvalue weighted by Crippen LogP contribution is 2.30. The SMILES string of the molecule is CCNC(=O)NC(=O)COc1ccc(S(=O)(=O)N(CC)CC)cc1[N+](=O)[O-]. The maximum absolute atomic E-state index is 12.5. The van der Waals surface area contributed by atoms with Gasteiger partial charge in [-0.25, -0.2) is 13.2 Å². The minimum atomic E-state index is -3.89. The summed E-state index contributed by atoms with van der Waals surface area (Å²) in [6, 6.07) is 2.43. The Morgan fingerprint density at radius 2 is 1.85 bits per heavy atom. The van der Waals surface area contributed by atoms with Gasteiger partial charge in [0.2, 0.25) is 10.0 Å². The third kappa shape index (κ3) is 5.89. The smallest absolute Gasteiger partial charge is 0.321 e. The second-order valence-electron chi connectivity index (χ2n) is 5.17. The van der Waals surface area contributed by atoms with Gasteiger partial charge in [0, 0.05) is 25.7 Å². The molecule has 12 heteroatoms. The Morgan fingerprint density at radius 1 is 1.22 bits per heavy atom. The van der Waals surface area contributed by atoms with Crippen molar-refractivity contribution in [1.82, 2.24) is 14.9 Å². The molecule has 0 aromatic heterocycles. The summed E-state index contributed by atoms with van der Waals surface area (Å²) in [5, 5.41) is 15.6. The van der Waals surface area contributed by atoms with Crippen LogP contribution in [-0.2, 0) is 14.8 Å². The third-order valence-electron chi connectivity index (χ3n) is 3.42. The monoisotopic (exact) mass is 402 g/mol. The number of nitrogens with one attached hydrogen (secondary N) is 2. The van der Waals surface area contributed by atoms with Crippen LogP contribution >= 0.6 is 0 Å². The molecular weight excluding hydrogens is 380 g/mol. The van der Waals surface area contributed by atoms with E-state index >= 15 is 0 Å². The number of hydrogen-bond donors (Lipinski definition) is 2. The van der Waals surface area contributed by atoms with Crippen molar-refractivity contribution in [1.29, 1.82) is 0 Å². The molecule has 150 valence electrons. The van der Waals surface area contributed by atoms with E-state index in [4.69, 9.17) is 4.74 Å². The van der Waals surface area contributed by atoms with Crippen LogP contribution in [-0.4, -0.2) is 55.8 Å². The Hall–Kier alpha value is -2.73. The Labute approximate surface area is 156 Å². The molecule has 0 atom stereocenters. The zero-order valence-electron chi connectivity index (χ0n) is 15.2. The van der Waals surface area contributed by atoms with Gasteiger partial charge in [0.1, 0.15) is 0 Å². The molecule has 27 heavy (non-hydrogen) atoms. The quantitative estimate of drug-likeness (QED) is 0.459. The Balaban J connectivity index is 3.02. The predicted octanol–water partition coefficient (Wildman–Crippen LogP) is 0.850. The summed E-state index contributed by atoms with van der Waals surface area (Å²) in [5.41, 5.74) is -0.603.